The minimum absolute atomic E-state index is 0.430. The van der Waals surface area contributed by atoms with E-state index < -0.39 is 0 Å². The van der Waals surface area contributed by atoms with E-state index in [1.807, 2.05) is 18.2 Å². The maximum absolute atomic E-state index is 5.66. The molecule has 2 rings (SSSR count). The minimum atomic E-state index is 0.430. The molecular weight excluding hydrogens is 443 g/mol. The number of rotatable bonds is 8. The van der Waals surface area contributed by atoms with Crippen LogP contribution >= 0.6 is 0 Å². The number of aryl methyl sites for hydroxylation is 1. The van der Waals surface area contributed by atoms with E-state index in [-0.39, 0.29) is 0 Å². The molecule has 1 aromatic rings. The van der Waals surface area contributed by atoms with Gasteiger partial charge in [-0.2, -0.15) is 0 Å². The average molecular weight is 490 g/mol. The Morgan fingerprint density at radius 2 is 1.60 bits per heavy atom. The van der Waals surface area contributed by atoms with Crippen molar-refractivity contribution in [2.75, 3.05) is 13.1 Å². The van der Waals surface area contributed by atoms with Crippen molar-refractivity contribution in [3.8, 4) is 0 Å². The Hall–Kier alpha value is -0.730. The van der Waals surface area contributed by atoms with Crippen molar-refractivity contribution in [2.45, 2.75) is 92.0 Å². The summed E-state index contributed by atoms with van der Waals surface area (Å²) >= 11 is 1.69. The first-order valence-electron chi connectivity index (χ1n) is 12.0. The topological polar surface area (TPSA) is 3.24 Å². The first kappa shape index (κ1) is 29.3. The van der Waals surface area contributed by atoms with Crippen LogP contribution in [0.1, 0.15) is 84.6 Å². The predicted octanol–water partition coefficient (Wildman–Crippen LogP) is 7.73. The number of hydrogen-bond donors (Lipinski definition) is 0. The van der Waals surface area contributed by atoms with Crippen molar-refractivity contribution in [1.82, 2.24) is 4.90 Å². The third kappa shape index (κ3) is 15.1. The van der Waals surface area contributed by atoms with Gasteiger partial charge < -0.3 is 0 Å². The van der Waals surface area contributed by atoms with Crippen LogP contribution in [0.15, 0.2) is 48.1 Å². The predicted molar refractivity (Wildman–Crippen MR) is 133 cm³/mol. The third-order valence-electron chi connectivity index (χ3n) is 5.60. The number of nitrogens with zero attached hydrogens (tertiary/aromatic N) is 1. The Kier molecular flexibility index (Phi) is 19.7. The Balaban J connectivity index is 0.000000464. The summed E-state index contributed by atoms with van der Waals surface area (Å²) < 4.78 is 2.10. The van der Waals surface area contributed by atoms with E-state index in [9.17, 15) is 0 Å². The molecule has 1 aromatic carbocycles. The molecule has 1 fully saturated rings. The normalized spacial score (nSPS) is 15.7. The van der Waals surface area contributed by atoms with E-state index in [0.29, 0.717) is 6.04 Å². The van der Waals surface area contributed by atoms with E-state index in [1.54, 1.807) is 26.7 Å². The van der Waals surface area contributed by atoms with E-state index in [2.05, 4.69) is 62.0 Å². The molecule has 1 saturated carbocycles. The number of benzene rings is 1. The molecule has 0 bridgehead atoms. The molecule has 0 amide bonds. The maximum atomic E-state index is 5.66. The van der Waals surface area contributed by atoms with Crippen molar-refractivity contribution in [3.63, 3.8) is 0 Å². The molecule has 169 valence electrons. The first-order valence-corrected chi connectivity index (χ1v) is 13.2. The summed E-state index contributed by atoms with van der Waals surface area (Å²) in [6, 6.07) is 10.7. The van der Waals surface area contributed by atoms with Gasteiger partial charge in [0.25, 0.3) is 0 Å². The SMILES string of the molecule is CC1CCCCCC1.Cc1ccccc1.[CH-]=C/C(=C\[CH]=[Nb])C(C)N(CCC)CCC. The molecule has 0 saturated heterocycles. The zero-order chi connectivity index (χ0) is 22.6. The van der Waals surface area contributed by atoms with E-state index in [1.165, 1.54) is 62.5 Å². The quantitative estimate of drug-likeness (QED) is 0.156. The zero-order valence-electron chi connectivity index (χ0n) is 20.3. The average Bonchev–Trinajstić information content (AvgIpc) is 3.00. The number of hydrogen-bond acceptors (Lipinski definition) is 1. The van der Waals surface area contributed by atoms with Crippen LogP contribution in [0.25, 0.3) is 0 Å². The Morgan fingerprint density at radius 1 is 1.07 bits per heavy atom. The van der Waals surface area contributed by atoms with E-state index in [0.717, 1.165) is 19.0 Å². The molecule has 1 aliphatic carbocycles. The monoisotopic (exact) mass is 489 g/mol. The van der Waals surface area contributed by atoms with Gasteiger partial charge >= 0.3 is 107 Å². The van der Waals surface area contributed by atoms with Crippen LogP contribution in [0.2, 0.25) is 0 Å². The molecule has 0 radical (unpaired) electrons. The summed E-state index contributed by atoms with van der Waals surface area (Å²) in [6.45, 7) is 19.1. The summed E-state index contributed by atoms with van der Waals surface area (Å²) in [5.41, 5.74) is 2.54. The second-order valence-corrected chi connectivity index (χ2v) is 9.18. The molecule has 0 aliphatic heterocycles. The molecule has 0 aromatic heterocycles. The fraction of sp³-hybridized carbons (Fsp3) is 0.607. The van der Waals surface area contributed by atoms with Gasteiger partial charge in [0.1, 0.15) is 0 Å². The van der Waals surface area contributed by atoms with Gasteiger partial charge in [-0.25, -0.2) is 0 Å². The second-order valence-electron chi connectivity index (χ2n) is 8.45. The van der Waals surface area contributed by atoms with Gasteiger partial charge in [-0.1, -0.05) is 81.3 Å². The van der Waals surface area contributed by atoms with Crippen LogP contribution in [0.5, 0.6) is 0 Å². The molecule has 30 heavy (non-hydrogen) atoms. The van der Waals surface area contributed by atoms with Gasteiger partial charge in [0.05, 0.1) is 0 Å². The molecule has 0 heterocycles. The van der Waals surface area contributed by atoms with Crippen LogP contribution in [0.4, 0.5) is 0 Å². The molecule has 1 aliphatic rings. The molecule has 0 spiro atoms. The Bertz CT molecular complexity index is 549. The van der Waals surface area contributed by atoms with Gasteiger partial charge in [-0.15, -0.1) is 0 Å². The van der Waals surface area contributed by atoms with Gasteiger partial charge in [0, 0.05) is 0 Å². The standard InChI is InChI=1S/C13H22N.C8H16.C7H8.Nb/c1-6-10-14(11-7-2)12(5)13(8-3)9-4;1-8-6-4-2-3-5-7-8;1-7-5-3-2-4-6-7;/h3-4,8-9,12H,6-7,10-11H2,1-2,5H3;8H,2-7H2,1H3;2-6H,1H3;/q-1;;;/b13-8+;;;. The van der Waals surface area contributed by atoms with Crippen molar-refractivity contribution < 1.29 is 20.6 Å². The van der Waals surface area contributed by atoms with Gasteiger partial charge in [0.2, 0.25) is 0 Å². The van der Waals surface area contributed by atoms with Crippen molar-refractivity contribution in [2.24, 2.45) is 5.92 Å². The summed E-state index contributed by atoms with van der Waals surface area (Å²) in [5.74, 6) is 1.03. The van der Waals surface area contributed by atoms with Crippen LogP contribution < -0.4 is 0 Å². The fourth-order valence-electron chi connectivity index (χ4n) is 3.72. The summed E-state index contributed by atoms with van der Waals surface area (Å²) in [5, 5.41) is 0. The van der Waals surface area contributed by atoms with Crippen LogP contribution in [0.3, 0.4) is 0 Å². The van der Waals surface area contributed by atoms with Gasteiger partial charge in [-0.05, 0) is 12.8 Å². The molecule has 0 N–H and O–H groups in total. The summed E-state index contributed by atoms with van der Waals surface area (Å²) in [6.07, 6.45) is 15.2. The molecule has 2 heteroatoms. The number of allylic oxidation sites excluding steroid dienone is 1. The summed E-state index contributed by atoms with van der Waals surface area (Å²) in [4.78, 5) is 2.49. The molecule has 1 unspecified atom stereocenters. The van der Waals surface area contributed by atoms with Crippen LogP contribution in [-0.2, 0) is 20.6 Å². The molecular formula is C28H46NNb-. The Morgan fingerprint density at radius 3 is 1.97 bits per heavy atom. The molecule has 1 nitrogen and oxygen atoms in total. The second kappa shape index (κ2) is 20.2. The van der Waals surface area contributed by atoms with Crippen LogP contribution in [0, 0.1) is 19.4 Å². The summed E-state index contributed by atoms with van der Waals surface area (Å²) in [7, 11) is 0. The first-order chi connectivity index (χ1) is 14.5. The fourth-order valence-corrected chi connectivity index (χ4v) is 4.15. The van der Waals surface area contributed by atoms with Crippen molar-refractivity contribution in [1.29, 1.82) is 0 Å². The van der Waals surface area contributed by atoms with Gasteiger partial charge in [-0.3, -0.25) is 0 Å². The zero-order valence-corrected chi connectivity index (χ0v) is 22.5. The molecule has 1 atom stereocenters. The third-order valence-corrected chi connectivity index (χ3v) is 5.96. The van der Waals surface area contributed by atoms with Crippen molar-refractivity contribution in [3.05, 3.63) is 60.2 Å². The van der Waals surface area contributed by atoms with Crippen LogP contribution in [-0.4, -0.2) is 28.3 Å². The van der Waals surface area contributed by atoms with Crippen molar-refractivity contribution >= 4 is 4.23 Å². The Labute approximate surface area is 200 Å². The van der Waals surface area contributed by atoms with E-state index >= 15 is 0 Å². The van der Waals surface area contributed by atoms with E-state index in [4.69, 9.17) is 6.58 Å². The van der Waals surface area contributed by atoms with Gasteiger partial charge in [0.15, 0.2) is 0 Å².